The Kier molecular flexibility index (Phi) is 9.17. The molecule has 0 radical (unpaired) electrons. The molecule has 1 saturated heterocycles. The topological polar surface area (TPSA) is 132 Å². The summed E-state index contributed by atoms with van der Waals surface area (Å²) in [5.74, 6) is 0.704. The fourth-order valence-corrected chi connectivity index (χ4v) is 6.45. The Balaban J connectivity index is 1.40. The van der Waals surface area contributed by atoms with Gasteiger partial charge in [-0.25, -0.2) is 4.79 Å². The van der Waals surface area contributed by atoms with Gasteiger partial charge < -0.3 is 29.7 Å². The first-order valence-electron chi connectivity index (χ1n) is 15.2. The number of anilines is 1. The summed E-state index contributed by atoms with van der Waals surface area (Å²) in [5, 5.41) is 26.6. The minimum absolute atomic E-state index is 0.00362. The molecule has 4 atom stereocenters. The van der Waals surface area contributed by atoms with Crippen LogP contribution in [0, 0.1) is 0 Å². The van der Waals surface area contributed by atoms with Gasteiger partial charge in [0.05, 0.1) is 31.8 Å². The first-order valence-corrected chi connectivity index (χ1v) is 15.2. The number of aromatic nitrogens is 2. The number of methoxy groups -OCH3 is 2. The predicted molar refractivity (Wildman–Crippen MR) is 176 cm³/mol. The third-order valence-corrected chi connectivity index (χ3v) is 8.59. The molecule has 0 saturated carbocycles. The van der Waals surface area contributed by atoms with Crippen molar-refractivity contribution in [1.82, 2.24) is 9.55 Å². The maximum Gasteiger partial charge on any atom is 0.351 e. The second-order valence-electron chi connectivity index (χ2n) is 11.2. The summed E-state index contributed by atoms with van der Waals surface area (Å²) in [6.45, 7) is 0. The minimum atomic E-state index is -1.31. The highest BCUT2D eigenvalue weighted by Crippen LogP contribution is 2.51. The van der Waals surface area contributed by atoms with Gasteiger partial charge in [0.2, 0.25) is 0 Å². The molecule has 0 bridgehead atoms. The van der Waals surface area contributed by atoms with Crippen molar-refractivity contribution in [1.29, 1.82) is 0 Å². The maximum atomic E-state index is 13.2. The Labute approximate surface area is 271 Å². The van der Waals surface area contributed by atoms with Crippen molar-refractivity contribution in [3.05, 3.63) is 154 Å². The zero-order valence-corrected chi connectivity index (χ0v) is 25.9. The van der Waals surface area contributed by atoms with Crippen molar-refractivity contribution in [2.24, 2.45) is 0 Å². The molecule has 1 aliphatic rings. The lowest BCUT2D eigenvalue weighted by Gasteiger charge is -2.43. The number of para-hydroxylation sites is 2. The van der Waals surface area contributed by atoms with Crippen LogP contribution in [0.5, 0.6) is 11.5 Å². The van der Waals surface area contributed by atoms with E-state index < -0.39 is 41.6 Å². The third kappa shape index (κ3) is 5.90. The Hall–Kier alpha value is -5.29. The SMILES string of the molecule is COc1ccccc1C(c1ccccc1)(c1ccccc1OC)C(O)[C@@H]1C[C@@H](O)[C@H](n2ccc(NC(=O)c3ccccc3)nc2=O)O1. The number of hydrogen-bond acceptors (Lipinski definition) is 8. The van der Waals surface area contributed by atoms with Crippen LogP contribution >= 0.6 is 0 Å². The van der Waals surface area contributed by atoms with E-state index in [0.29, 0.717) is 28.2 Å². The molecule has 10 nitrogen and oxygen atoms in total. The normalized spacial score (nSPS) is 18.3. The van der Waals surface area contributed by atoms with Gasteiger partial charge in [0, 0.05) is 29.3 Å². The molecule has 1 fully saturated rings. The van der Waals surface area contributed by atoms with E-state index in [1.807, 2.05) is 78.9 Å². The van der Waals surface area contributed by atoms with Gasteiger partial charge in [0.1, 0.15) is 23.4 Å². The number of ether oxygens (including phenoxy) is 3. The molecule has 6 rings (SSSR count). The van der Waals surface area contributed by atoms with Gasteiger partial charge in [0.15, 0.2) is 6.23 Å². The van der Waals surface area contributed by atoms with Crippen LogP contribution in [0.2, 0.25) is 0 Å². The van der Waals surface area contributed by atoms with Crippen molar-refractivity contribution >= 4 is 11.7 Å². The number of nitrogens with zero attached hydrogens (tertiary/aromatic N) is 2. The Morgan fingerprint density at radius 2 is 1.43 bits per heavy atom. The lowest BCUT2D eigenvalue weighted by molar-refractivity contribution is -0.0888. The first kappa shape index (κ1) is 31.7. The number of carbonyl (C=O) groups is 1. The molecule has 3 N–H and O–H groups in total. The van der Waals surface area contributed by atoms with E-state index in [9.17, 15) is 19.8 Å². The molecule has 0 spiro atoms. The molecule has 5 aromatic rings. The molecule has 47 heavy (non-hydrogen) atoms. The third-order valence-electron chi connectivity index (χ3n) is 8.59. The van der Waals surface area contributed by atoms with Gasteiger partial charge >= 0.3 is 5.69 Å². The number of hydrogen-bond donors (Lipinski definition) is 3. The number of rotatable bonds is 10. The number of amides is 1. The average Bonchev–Trinajstić information content (AvgIpc) is 3.50. The van der Waals surface area contributed by atoms with E-state index in [-0.39, 0.29) is 12.2 Å². The van der Waals surface area contributed by atoms with Crippen LogP contribution < -0.4 is 20.5 Å². The quantitative estimate of drug-likeness (QED) is 0.191. The molecular formula is C37H35N3O7. The molecule has 1 aliphatic heterocycles. The van der Waals surface area contributed by atoms with E-state index >= 15 is 0 Å². The summed E-state index contributed by atoms with van der Waals surface area (Å²) in [4.78, 5) is 29.8. The van der Waals surface area contributed by atoms with E-state index in [4.69, 9.17) is 14.2 Å². The van der Waals surface area contributed by atoms with Crippen LogP contribution in [0.1, 0.15) is 39.7 Å². The first-order chi connectivity index (χ1) is 22.9. The molecule has 0 aliphatic carbocycles. The molecule has 2 heterocycles. The van der Waals surface area contributed by atoms with Crippen molar-refractivity contribution in [3.8, 4) is 11.5 Å². The zero-order chi connectivity index (χ0) is 33.0. The van der Waals surface area contributed by atoms with E-state index in [0.717, 1.165) is 10.1 Å². The monoisotopic (exact) mass is 633 g/mol. The van der Waals surface area contributed by atoms with Crippen molar-refractivity contribution in [2.75, 3.05) is 19.5 Å². The van der Waals surface area contributed by atoms with Crippen molar-refractivity contribution in [2.45, 2.75) is 36.4 Å². The van der Waals surface area contributed by atoms with Gasteiger partial charge in [0.25, 0.3) is 5.91 Å². The molecule has 4 aromatic carbocycles. The second-order valence-corrected chi connectivity index (χ2v) is 11.2. The summed E-state index contributed by atoms with van der Waals surface area (Å²) in [6.07, 6.45) is -3.19. The Bertz CT molecular complexity index is 1850. The van der Waals surface area contributed by atoms with Crippen LogP contribution in [0.15, 0.2) is 126 Å². The smallest absolute Gasteiger partial charge is 0.351 e. The zero-order valence-electron chi connectivity index (χ0n) is 25.9. The largest absolute Gasteiger partial charge is 0.496 e. The minimum Gasteiger partial charge on any atom is -0.496 e. The van der Waals surface area contributed by atoms with Gasteiger partial charge in [-0.1, -0.05) is 84.9 Å². The molecule has 1 unspecified atom stereocenters. The number of carbonyl (C=O) groups excluding carboxylic acids is 1. The van der Waals surface area contributed by atoms with E-state index in [1.165, 1.54) is 12.3 Å². The van der Waals surface area contributed by atoms with Crippen LogP contribution in [0.25, 0.3) is 0 Å². The van der Waals surface area contributed by atoms with Crippen molar-refractivity contribution in [3.63, 3.8) is 0 Å². The average molecular weight is 634 g/mol. The fraction of sp³-hybridized carbons (Fsp3) is 0.216. The van der Waals surface area contributed by atoms with Gasteiger partial charge in [-0.2, -0.15) is 4.98 Å². The summed E-state index contributed by atoms with van der Waals surface area (Å²) in [6, 6.07) is 34.4. The number of nitrogens with one attached hydrogen (secondary N) is 1. The van der Waals surface area contributed by atoms with Gasteiger partial charge in [-0.15, -0.1) is 0 Å². The summed E-state index contributed by atoms with van der Waals surface area (Å²) >= 11 is 0. The number of aliphatic hydroxyl groups is 2. The highest BCUT2D eigenvalue weighted by Gasteiger charge is 2.53. The van der Waals surface area contributed by atoms with Gasteiger partial charge in [-0.05, 0) is 35.9 Å². The number of benzene rings is 4. The Morgan fingerprint density at radius 3 is 2.00 bits per heavy atom. The lowest BCUT2D eigenvalue weighted by Crippen LogP contribution is -2.49. The molecule has 1 amide bonds. The molecule has 1 aromatic heterocycles. The van der Waals surface area contributed by atoms with Crippen LogP contribution in [-0.2, 0) is 10.2 Å². The molecule has 240 valence electrons. The van der Waals surface area contributed by atoms with Crippen LogP contribution in [0.4, 0.5) is 5.82 Å². The maximum absolute atomic E-state index is 13.2. The van der Waals surface area contributed by atoms with Crippen molar-refractivity contribution < 1.29 is 29.2 Å². The van der Waals surface area contributed by atoms with E-state index in [2.05, 4.69) is 10.3 Å². The lowest BCUT2D eigenvalue weighted by atomic mass is 9.63. The summed E-state index contributed by atoms with van der Waals surface area (Å²) in [5.41, 5.74) is 0.416. The van der Waals surface area contributed by atoms with Crippen LogP contribution in [0.3, 0.4) is 0 Å². The highest BCUT2D eigenvalue weighted by molar-refractivity contribution is 6.03. The van der Waals surface area contributed by atoms with E-state index in [1.54, 1.807) is 44.6 Å². The van der Waals surface area contributed by atoms with Crippen LogP contribution in [-0.4, -0.2) is 58.2 Å². The predicted octanol–water partition coefficient (Wildman–Crippen LogP) is 4.56. The molecule has 10 heteroatoms. The summed E-state index contributed by atoms with van der Waals surface area (Å²) in [7, 11) is 3.14. The second kappa shape index (κ2) is 13.6. The highest BCUT2D eigenvalue weighted by atomic mass is 16.5. The Morgan fingerprint density at radius 1 is 0.872 bits per heavy atom. The number of aliphatic hydroxyl groups excluding tert-OH is 2. The standard InChI is InChI=1S/C37H35N3O7/c1-45-29-19-11-9-17-26(29)37(25-15-7-4-8-16-25,27-18-10-12-20-30(27)46-2)33(42)31-23-28(41)35(47-31)40-22-21-32(39-36(40)44)38-34(43)24-13-5-3-6-14-24/h3-22,28,31,33,35,41-42H,23H2,1-2H3,(H,38,39,43,44)/t28-,31+,33?,35-/m1/s1. The fourth-order valence-electron chi connectivity index (χ4n) is 6.45. The summed E-state index contributed by atoms with van der Waals surface area (Å²) < 4.78 is 19.2. The van der Waals surface area contributed by atoms with Gasteiger partial charge in [-0.3, -0.25) is 9.36 Å². The molecular weight excluding hydrogens is 598 g/mol.